The average Bonchev–Trinajstić information content (AvgIpc) is 2.57. The summed E-state index contributed by atoms with van der Waals surface area (Å²) in [5.41, 5.74) is 2.22. The van der Waals surface area contributed by atoms with Gasteiger partial charge < -0.3 is 5.32 Å². The fourth-order valence-corrected chi connectivity index (χ4v) is 1.40. The Morgan fingerprint density at radius 1 is 1.60 bits per heavy atom. The lowest BCUT2D eigenvalue weighted by Gasteiger charge is -1.99. The van der Waals surface area contributed by atoms with Crippen molar-refractivity contribution in [1.29, 1.82) is 0 Å². The summed E-state index contributed by atoms with van der Waals surface area (Å²) in [7, 11) is 1.74. The molecule has 0 saturated heterocycles. The van der Waals surface area contributed by atoms with E-state index in [0.29, 0.717) is 12.1 Å². The van der Waals surface area contributed by atoms with Crippen LogP contribution < -0.4 is 5.32 Å². The zero-order valence-corrected chi connectivity index (χ0v) is 8.69. The van der Waals surface area contributed by atoms with E-state index < -0.39 is 0 Å². The van der Waals surface area contributed by atoms with Gasteiger partial charge in [-0.05, 0) is 14.0 Å². The molecule has 2 heterocycles. The molecule has 5 nitrogen and oxygen atoms in total. The summed E-state index contributed by atoms with van der Waals surface area (Å²) in [5.74, 6) is 0.0139. The van der Waals surface area contributed by atoms with Gasteiger partial charge in [0.1, 0.15) is 0 Å². The molecule has 78 valence electrons. The Kier molecular flexibility index (Phi) is 2.47. The number of aromatic nitrogens is 3. The molecular formula is C10H12N4O. The molecule has 0 bridgehead atoms. The van der Waals surface area contributed by atoms with E-state index in [4.69, 9.17) is 0 Å². The Bertz CT molecular complexity index is 503. The second-order valence-electron chi connectivity index (χ2n) is 3.38. The minimum atomic E-state index is 0.0139. The van der Waals surface area contributed by atoms with E-state index in [1.165, 1.54) is 0 Å². The zero-order valence-electron chi connectivity index (χ0n) is 8.69. The third kappa shape index (κ3) is 1.87. The van der Waals surface area contributed by atoms with Crippen LogP contribution in [0.25, 0.3) is 5.65 Å². The van der Waals surface area contributed by atoms with Crippen molar-refractivity contribution in [2.45, 2.75) is 6.92 Å². The van der Waals surface area contributed by atoms with Crippen LogP contribution >= 0.6 is 0 Å². The van der Waals surface area contributed by atoms with Crippen LogP contribution in [0.15, 0.2) is 18.5 Å². The van der Waals surface area contributed by atoms with Crippen LogP contribution in [0.3, 0.4) is 0 Å². The van der Waals surface area contributed by atoms with Crippen LogP contribution in [0.4, 0.5) is 0 Å². The molecule has 15 heavy (non-hydrogen) atoms. The lowest BCUT2D eigenvalue weighted by atomic mass is 10.2. The molecule has 0 radical (unpaired) electrons. The van der Waals surface area contributed by atoms with E-state index >= 15 is 0 Å². The van der Waals surface area contributed by atoms with Gasteiger partial charge >= 0.3 is 0 Å². The Labute approximate surface area is 87.1 Å². The Morgan fingerprint density at radius 2 is 2.40 bits per heavy atom. The summed E-state index contributed by atoms with van der Waals surface area (Å²) >= 11 is 0. The van der Waals surface area contributed by atoms with E-state index in [-0.39, 0.29) is 5.78 Å². The Morgan fingerprint density at radius 3 is 3.13 bits per heavy atom. The van der Waals surface area contributed by atoms with Gasteiger partial charge in [0.2, 0.25) is 0 Å². The Hall–Kier alpha value is -1.75. The highest BCUT2D eigenvalue weighted by molar-refractivity contribution is 5.97. The number of nitrogens with one attached hydrogen (secondary N) is 1. The van der Waals surface area contributed by atoms with Crippen molar-refractivity contribution < 1.29 is 4.79 Å². The monoisotopic (exact) mass is 204 g/mol. The lowest BCUT2D eigenvalue weighted by molar-refractivity contribution is 0.0992. The third-order valence-corrected chi connectivity index (χ3v) is 2.09. The van der Waals surface area contributed by atoms with Crippen molar-refractivity contribution >= 4 is 11.4 Å². The number of ketones is 1. The molecule has 0 spiro atoms. The summed E-state index contributed by atoms with van der Waals surface area (Å²) in [5, 5.41) is 7.01. The van der Waals surface area contributed by atoms with Crippen LogP contribution in [-0.2, 0) is 0 Å². The third-order valence-electron chi connectivity index (χ3n) is 2.09. The van der Waals surface area contributed by atoms with Gasteiger partial charge in [-0.25, -0.2) is 9.50 Å². The summed E-state index contributed by atoms with van der Waals surface area (Å²) < 4.78 is 1.62. The SMILES string of the molecule is CNCC(=O)c1cnc2cc(C)nn2c1. The molecule has 0 aromatic carbocycles. The standard InChI is InChI=1S/C10H12N4O/c1-7-3-10-12-4-8(6-14(10)13-7)9(15)5-11-2/h3-4,6,11H,5H2,1-2H3. The first-order chi connectivity index (χ1) is 7.20. The quantitative estimate of drug-likeness (QED) is 0.737. The van der Waals surface area contributed by atoms with Crippen LogP contribution in [0, 0.1) is 6.92 Å². The van der Waals surface area contributed by atoms with Gasteiger partial charge in [0.05, 0.1) is 17.8 Å². The van der Waals surface area contributed by atoms with Gasteiger partial charge in [-0.2, -0.15) is 5.10 Å². The van der Waals surface area contributed by atoms with Crippen LogP contribution in [0.1, 0.15) is 16.1 Å². The maximum absolute atomic E-state index is 11.6. The maximum atomic E-state index is 11.6. The molecule has 0 aliphatic carbocycles. The average molecular weight is 204 g/mol. The molecule has 0 aliphatic heterocycles. The van der Waals surface area contributed by atoms with Crippen molar-refractivity contribution in [3.05, 3.63) is 29.7 Å². The van der Waals surface area contributed by atoms with Gasteiger partial charge in [-0.15, -0.1) is 0 Å². The first kappa shape index (κ1) is 9.79. The smallest absolute Gasteiger partial charge is 0.179 e. The normalized spacial score (nSPS) is 10.8. The zero-order chi connectivity index (χ0) is 10.8. The summed E-state index contributed by atoms with van der Waals surface area (Å²) in [6, 6.07) is 1.87. The van der Waals surface area contributed by atoms with Crippen molar-refractivity contribution in [3.63, 3.8) is 0 Å². The second-order valence-corrected chi connectivity index (χ2v) is 3.38. The van der Waals surface area contributed by atoms with E-state index in [9.17, 15) is 4.79 Å². The Balaban J connectivity index is 2.41. The van der Waals surface area contributed by atoms with Crippen molar-refractivity contribution in [1.82, 2.24) is 19.9 Å². The fourth-order valence-electron chi connectivity index (χ4n) is 1.40. The number of hydrogen-bond donors (Lipinski definition) is 1. The number of rotatable bonds is 3. The molecule has 2 aromatic heterocycles. The van der Waals surface area contributed by atoms with Gasteiger partial charge in [-0.1, -0.05) is 0 Å². The molecule has 0 amide bonds. The predicted octanol–water partition coefficient (Wildman–Crippen LogP) is 0.440. The molecule has 2 rings (SSSR count). The van der Waals surface area contributed by atoms with Gasteiger partial charge in [-0.3, -0.25) is 4.79 Å². The van der Waals surface area contributed by atoms with Gasteiger partial charge in [0, 0.05) is 18.5 Å². The highest BCUT2D eigenvalue weighted by Crippen LogP contribution is 2.04. The minimum absolute atomic E-state index is 0.0139. The number of carbonyl (C=O) groups is 1. The summed E-state index contributed by atoms with van der Waals surface area (Å²) in [6.07, 6.45) is 3.28. The molecule has 2 aromatic rings. The minimum Gasteiger partial charge on any atom is -0.313 e. The molecule has 0 fully saturated rings. The second kappa shape index (κ2) is 3.78. The highest BCUT2D eigenvalue weighted by Gasteiger charge is 2.07. The number of aryl methyl sites for hydroxylation is 1. The first-order valence-corrected chi connectivity index (χ1v) is 4.70. The largest absolute Gasteiger partial charge is 0.313 e. The van der Waals surface area contributed by atoms with Crippen LogP contribution in [-0.4, -0.2) is 34.0 Å². The number of likely N-dealkylation sites (N-methyl/N-ethyl adjacent to an activating group) is 1. The molecular weight excluding hydrogens is 192 g/mol. The van der Waals surface area contributed by atoms with Crippen molar-refractivity contribution in [2.24, 2.45) is 0 Å². The van der Waals surface area contributed by atoms with Crippen LogP contribution in [0.2, 0.25) is 0 Å². The van der Waals surface area contributed by atoms with Crippen molar-refractivity contribution in [3.8, 4) is 0 Å². The van der Waals surface area contributed by atoms with Gasteiger partial charge in [0.25, 0.3) is 0 Å². The van der Waals surface area contributed by atoms with E-state index in [2.05, 4.69) is 15.4 Å². The number of carbonyl (C=O) groups excluding carboxylic acids is 1. The molecule has 0 aliphatic rings. The van der Waals surface area contributed by atoms with Crippen molar-refractivity contribution in [2.75, 3.05) is 13.6 Å². The maximum Gasteiger partial charge on any atom is 0.179 e. The molecule has 0 atom stereocenters. The molecule has 0 saturated carbocycles. The van der Waals surface area contributed by atoms with Crippen LogP contribution in [0.5, 0.6) is 0 Å². The summed E-state index contributed by atoms with van der Waals surface area (Å²) in [6.45, 7) is 2.21. The van der Waals surface area contributed by atoms with E-state index in [0.717, 1.165) is 11.3 Å². The lowest BCUT2D eigenvalue weighted by Crippen LogP contribution is -2.19. The predicted molar refractivity (Wildman–Crippen MR) is 56.0 cm³/mol. The number of Topliss-reactive ketones (excluding diaryl/α,β-unsaturated/α-hetero) is 1. The van der Waals surface area contributed by atoms with E-state index in [1.54, 1.807) is 24.0 Å². The first-order valence-electron chi connectivity index (χ1n) is 4.70. The highest BCUT2D eigenvalue weighted by atomic mass is 16.1. The number of hydrogen-bond acceptors (Lipinski definition) is 4. The molecule has 5 heteroatoms. The molecule has 1 N–H and O–H groups in total. The van der Waals surface area contributed by atoms with E-state index in [1.807, 2.05) is 13.0 Å². The topological polar surface area (TPSA) is 59.3 Å². The number of fused-ring (bicyclic) bond motifs is 1. The fraction of sp³-hybridized carbons (Fsp3) is 0.300. The number of nitrogens with zero attached hydrogens (tertiary/aromatic N) is 3. The molecule has 0 unspecified atom stereocenters. The summed E-state index contributed by atoms with van der Waals surface area (Å²) in [4.78, 5) is 15.7. The van der Waals surface area contributed by atoms with Gasteiger partial charge in [0.15, 0.2) is 11.4 Å².